The number of ether oxygens (including phenoxy) is 1. The van der Waals surface area contributed by atoms with Crippen LogP contribution in [0.4, 0.5) is 13.2 Å². The van der Waals surface area contributed by atoms with Gasteiger partial charge in [0.2, 0.25) is 0 Å². The molecule has 1 aromatic carbocycles. The van der Waals surface area contributed by atoms with E-state index in [1.807, 2.05) is 17.5 Å². The maximum Gasteiger partial charge on any atom is 0.416 e. The minimum Gasteiger partial charge on any atom is -0.449 e. The molecule has 0 saturated heterocycles. The molecule has 5 nitrogen and oxygen atoms in total. The topological polar surface area (TPSA) is 65.2 Å². The van der Waals surface area contributed by atoms with E-state index < -0.39 is 23.8 Å². The van der Waals surface area contributed by atoms with Crippen LogP contribution in [0.3, 0.4) is 0 Å². The lowest BCUT2D eigenvalue weighted by atomic mass is 10.1. The number of benzene rings is 1. The largest absolute Gasteiger partial charge is 0.449 e. The summed E-state index contributed by atoms with van der Waals surface area (Å²) in [5.74, 6) is -0.198. The van der Waals surface area contributed by atoms with Gasteiger partial charge in [-0.3, -0.25) is 0 Å². The lowest BCUT2D eigenvalue weighted by molar-refractivity contribution is -0.143. The molecule has 9 heteroatoms. The third kappa shape index (κ3) is 4.82. The van der Waals surface area contributed by atoms with E-state index in [9.17, 15) is 18.0 Å². The van der Waals surface area contributed by atoms with Gasteiger partial charge in [-0.2, -0.15) is 13.2 Å². The maximum atomic E-state index is 12.5. The molecule has 0 spiro atoms. The normalized spacial score (nSPS) is 13.0. The number of rotatable bonds is 5. The zero-order chi connectivity index (χ0) is 19.4. The van der Waals surface area contributed by atoms with E-state index in [4.69, 9.17) is 9.15 Å². The number of carbonyl (C=O) groups is 1. The molecule has 0 fully saturated rings. The molecule has 0 N–H and O–H groups in total. The van der Waals surface area contributed by atoms with Crippen molar-refractivity contribution in [3.63, 3.8) is 0 Å². The molecular formula is C18H13F3N2O3S. The van der Waals surface area contributed by atoms with Gasteiger partial charge in [-0.25, -0.2) is 4.79 Å². The second-order valence-electron chi connectivity index (χ2n) is 5.45. The van der Waals surface area contributed by atoms with Crippen molar-refractivity contribution < 1.29 is 27.1 Å². The van der Waals surface area contributed by atoms with Crippen LogP contribution in [0.15, 0.2) is 52.3 Å². The number of aromatic nitrogens is 2. The van der Waals surface area contributed by atoms with Crippen molar-refractivity contribution in [2.24, 2.45) is 0 Å². The number of alkyl halides is 3. The van der Waals surface area contributed by atoms with Gasteiger partial charge < -0.3 is 9.15 Å². The molecule has 2 heterocycles. The Morgan fingerprint density at radius 3 is 2.59 bits per heavy atom. The molecule has 0 unspecified atom stereocenters. The van der Waals surface area contributed by atoms with E-state index in [1.165, 1.54) is 29.5 Å². The van der Waals surface area contributed by atoms with Crippen LogP contribution in [0.1, 0.15) is 30.0 Å². The van der Waals surface area contributed by atoms with Crippen molar-refractivity contribution in [2.45, 2.75) is 19.2 Å². The molecule has 140 valence electrons. The molecule has 2 aromatic heterocycles. The fraction of sp³-hybridized carbons (Fsp3) is 0.167. The summed E-state index contributed by atoms with van der Waals surface area (Å²) in [4.78, 5) is 12.7. The molecule has 3 aromatic rings. The van der Waals surface area contributed by atoms with Gasteiger partial charge in [-0.1, -0.05) is 18.2 Å². The summed E-state index contributed by atoms with van der Waals surface area (Å²) in [6.07, 6.45) is -2.69. The van der Waals surface area contributed by atoms with Crippen LogP contribution < -0.4 is 0 Å². The molecule has 0 bridgehead atoms. The van der Waals surface area contributed by atoms with E-state index in [2.05, 4.69) is 10.2 Å². The summed E-state index contributed by atoms with van der Waals surface area (Å²) in [6.45, 7) is 1.58. The Hall–Kier alpha value is -2.94. The number of halogens is 3. The standard InChI is InChI=1S/C18H13F3N2O3S/c1-11(16-22-23-17(26-16)14-3-2-10-27-14)25-15(24)9-6-12-4-7-13(8-5-12)18(19,20)21/h2-11H,1H3/b9-6+/t11-/m0/s1. The van der Waals surface area contributed by atoms with Crippen LogP contribution in [0.5, 0.6) is 0 Å². The summed E-state index contributed by atoms with van der Waals surface area (Å²) in [7, 11) is 0. The van der Waals surface area contributed by atoms with Crippen molar-refractivity contribution in [3.8, 4) is 10.8 Å². The van der Waals surface area contributed by atoms with E-state index in [0.29, 0.717) is 11.5 Å². The smallest absolute Gasteiger partial charge is 0.416 e. The molecular weight excluding hydrogens is 381 g/mol. The van der Waals surface area contributed by atoms with Crippen LogP contribution in [0, 0.1) is 0 Å². The van der Waals surface area contributed by atoms with Gasteiger partial charge in [0.05, 0.1) is 10.4 Å². The Kier molecular flexibility index (Phi) is 5.41. The average Bonchev–Trinajstić information content (AvgIpc) is 3.30. The van der Waals surface area contributed by atoms with E-state index >= 15 is 0 Å². The highest BCUT2D eigenvalue weighted by Crippen LogP contribution is 2.29. The van der Waals surface area contributed by atoms with Crippen LogP contribution in [-0.2, 0) is 15.7 Å². The Balaban J connectivity index is 1.59. The predicted molar refractivity (Wildman–Crippen MR) is 92.6 cm³/mol. The summed E-state index contributed by atoms with van der Waals surface area (Å²) >= 11 is 1.44. The van der Waals surface area contributed by atoms with Crippen molar-refractivity contribution in [1.29, 1.82) is 0 Å². The molecule has 0 aliphatic heterocycles. The molecule has 3 rings (SSSR count). The quantitative estimate of drug-likeness (QED) is 0.443. The Morgan fingerprint density at radius 1 is 1.22 bits per heavy atom. The summed E-state index contributed by atoms with van der Waals surface area (Å²) in [5.41, 5.74) is -0.320. The number of nitrogens with zero attached hydrogens (tertiary/aromatic N) is 2. The number of carbonyl (C=O) groups excluding carboxylic acids is 1. The maximum absolute atomic E-state index is 12.5. The first-order valence-corrected chi connectivity index (χ1v) is 8.64. The Labute approximate surface area is 156 Å². The number of hydrogen-bond acceptors (Lipinski definition) is 6. The highest BCUT2D eigenvalue weighted by atomic mass is 32.1. The Morgan fingerprint density at radius 2 is 1.96 bits per heavy atom. The molecule has 1 atom stereocenters. The molecule has 0 aliphatic carbocycles. The predicted octanol–water partition coefficient (Wildman–Crippen LogP) is 5.13. The van der Waals surface area contributed by atoms with Gasteiger partial charge in [0.1, 0.15) is 0 Å². The van der Waals surface area contributed by atoms with Crippen LogP contribution in [-0.4, -0.2) is 16.2 Å². The molecule has 0 radical (unpaired) electrons. The van der Waals surface area contributed by atoms with Crippen molar-refractivity contribution in [1.82, 2.24) is 10.2 Å². The van der Waals surface area contributed by atoms with Crippen LogP contribution in [0.25, 0.3) is 16.8 Å². The third-order valence-electron chi connectivity index (χ3n) is 3.46. The molecule has 0 amide bonds. The minimum atomic E-state index is -4.40. The summed E-state index contributed by atoms with van der Waals surface area (Å²) in [5, 5.41) is 9.63. The van der Waals surface area contributed by atoms with Gasteiger partial charge in [0.15, 0.2) is 6.10 Å². The number of hydrogen-bond donors (Lipinski definition) is 0. The summed E-state index contributed by atoms with van der Waals surface area (Å²) < 4.78 is 48.2. The van der Waals surface area contributed by atoms with Crippen molar-refractivity contribution in [3.05, 3.63) is 64.9 Å². The van der Waals surface area contributed by atoms with Gasteiger partial charge in [-0.05, 0) is 42.1 Å². The van der Waals surface area contributed by atoms with E-state index in [-0.39, 0.29) is 5.89 Å². The van der Waals surface area contributed by atoms with E-state index in [1.54, 1.807) is 6.92 Å². The second kappa shape index (κ2) is 7.75. The first kappa shape index (κ1) is 18.8. The fourth-order valence-electron chi connectivity index (χ4n) is 2.11. The summed E-state index contributed by atoms with van der Waals surface area (Å²) in [6, 6.07) is 8.09. The number of thiophene rings is 1. The van der Waals surface area contributed by atoms with Crippen molar-refractivity contribution >= 4 is 23.4 Å². The van der Waals surface area contributed by atoms with Gasteiger partial charge >= 0.3 is 12.1 Å². The second-order valence-corrected chi connectivity index (χ2v) is 6.40. The average molecular weight is 394 g/mol. The zero-order valence-electron chi connectivity index (χ0n) is 13.9. The molecule has 27 heavy (non-hydrogen) atoms. The molecule has 0 aliphatic rings. The first-order valence-electron chi connectivity index (χ1n) is 7.76. The van der Waals surface area contributed by atoms with Crippen LogP contribution in [0.2, 0.25) is 0 Å². The Bertz CT molecular complexity index is 932. The highest BCUT2D eigenvalue weighted by molar-refractivity contribution is 7.13. The monoisotopic (exact) mass is 394 g/mol. The lowest BCUT2D eigenvalue weighted by Crippen LogP contribution is -2.06. The first-order chi connectivity index (χ1) is 12.8. The van der Waals surface area contributed by atoms with Gasteiger partial charge in [-0.15, -0.1) is 21.5 Å². The van der Waals surface area contributed by atoms with Gasteiger partial charge in [0.25, 0.3) is 11.8 Å². The lowest BCUT2D eigenvalue weighted by Gasteiger charge is -2.07. The van der Waals surface area contributed by atoms with Crippen LogP contribution >= 0.6 is 11.3 Å². The van der Waals surface area contributed by atoms with Gasteiger partial charge in [0, 0.05) is 6.08 Å². The number of esters is 1. The molecule has 0 saturated carbocycles. The zero-order valence-corrected chi connectivity index (χ0v) is 14.8. The third-order valence-corrected chi connectivity index (χ3v) is 4.32. The highest BCUT2D eigenvalue weighted by Gasteiger charge is 2.29. The minimum absolute atomic E-state index is 0.148. The van der Waals surface area contributed by atoms with E-state index in [0.717, 1.165) is 23.1 Å². The SMILES string of the molecule is C[C@H](OC(=O)/C=C/c1ccc(C(F)(F)F)cc1)c1nnc(-c2cccs2)o1. The van der Waals surface area contributed by atoms with Crippen molar-refractivity contribution in [2.75, 3.05) is 0 Å². The fourth-order valence-corrected chi connectivity index (χ4v) is 2.75.